The van der Waals surface area contributed by atoms with Crippen molar-refractivity contribution in [3.05, 3.63) is 13.8 Å². The van der Waals surface area contributed by atoms with E-state index >= 15 is 0 Å². The van der Waals surface area contributed by atoms with Crippen LogP contribution in [0.15, 0.2) is 0 Å². The van der Waals surface area contributed by atoms with E-state index in [9.17, 15) is 0 Å². The van der Waals surface area contributed by atoms with Crippen LogP contribution in [0.4, 0.5) is 0 Å². The van der Waals surface area contributed by atoms with Crippen LogP contribution in [0.2, 0.25) is 0 Å². The number of unbranched alkanes of at least 4 members (excludes halogenated alkanes) is 13. The van der Waals surface area contributed by atoms with Crippen LogP contribution in [0.5, 0.6) is 0 Å². The van der Waals surface area contributed by atoms with Gasteiger partial charge in [0, 0.05) is 12.8 Å². The Balaban J connectivity index is 3.32. The molecule has 0 aromatic heterocycles. The second kappa shape index (κ2) is 23.8. The zero-order valence-electron chi connectivity index (χ0n) is 20.4. The maximum atomic E-state index is 3.92. The van der Waals surface area contributed by atoms with Gasteiger partial charge in [0.05, 0.1) is 0 Å². The Bertz CT molecular complexity index is 358. The summed E-state index contributed by atoms with van der Waals surface area (Å²) in [4.78, 5) is 0. The maximum absolute atomic E-state index is 3.92. The Labute approximate surface area is 186 Å². The Morgan fingerprint density at radius 2 is 0.828 bits per heavy atom. The highest BCUT2D eigenvalue weighted by molar-refractivity contribution is 4.98. The molecule has 0 aromatic rings. The Hall–Kier alpha value is -0.440. The normalized spacial score (nSPS) is 13.1. The van der Waals surface area contributed by atoms with Gasteiger partial charge < -0.3 is 0 Å². The van der Waals surface area contributed by atoms with Gasteiger partial charge >= 0.3 is 0 Å². The molecule has 2 unspecified atom stereocenters. The molecular weight excluding hydrogens is 348 g/mol. The molecule has 2 radical (unpaired) electrons. The minimum atomic E-state index is 0.847. The SMILES string of the molecule is [CH2]CCCCCCC(C)CCC#CCCCCCCCC(C)CCCCCC[CH2]. The fourth-order valence-electron chi connectivity index (χ4n) is 4.07. The summed E-state index contributed by atoms with van der Waals surface area (Å²) in [5, 5.41) is 0. The van der Waals surface area contributed by atoms with Crippen molar-refractivity contribution >= 4 is 0 Å². The van der Waals surface area contributed by atoms with Crippen LogP contribution in [-0.4, -0.2) is 0 Å². The summed E-state index contributed by atoms with van der Waals surface area (Å²) in [6.45, 7) is 12.7. The second-order valence-electron chi connectivity index (χ2n) is 9.52. The van der Waals surface area contributed by atoms with E-state index in [1.165, 1.54) is 109 Å². The minimum absolute atomic E-state index is 0.847. The van der Waals surface area contributed by atoms with Crippen molar-refractivity contribution in [2.24, 2.45) is 11.8 Å². The predicted octanol–water partition coefficient (Wildman–Crippen LogP) is 10.1. The van der Waals surface area contributed by atoms with Crippen molar-refractivity contribution in [3.8, 4) is 11.8 Å². The molecule has 29 heavy (non-hydrogen) atoms. The highest BCUT2D eigenvalue weighted by Gasteiger charge is 2.02. The van der Waals surface area contributed by atoms with Crippen molar-refractivity contribution in [2.45, 2.75) is 149 Å². The van der Waals surface area contributed by atoms with Crippen LogP contribution >= 0.6 is 0 Å². The van der Waals surface area contributed by atoms with E-state index in [4.69, 9.17) is 0 Å². The van der Waals surface area contributed by atoms with E-state index in [1.807, 2.05) is 0 Å². The van der Waals surface area contributed by atoms with Crippen LogP contribution in [-0.2, 0) is 0 Å². The van der Waals surface area contributed by atoms with Crippen molar-refractivity contribution < 1.29 is 0 Å². The molecule has 170 valence electrons. The first kappa shape index (κ1) is 28.6. The lowest BCUT2D eigenvalue weighted by molar-refractivity contribution is 0.433. The van der Waals surface area contributed by atoms with Crippen LogP contribution in [0.1, 0.15) is 149 Å². The van der Waals surface area contributed by atoms with Gasteiger partial charge in [-0.2, -0.15) is 0 Å². The molecule has 0 aliphatic rings. The summed E-state index contributed by atoms with van der Waals surface area (Å²) in [6, 6.07) is 0. The molecule has 0 heteroatoms. The molecule has 0 spiro atoms. The number of hydrogen-bond donors (Lipinski definition) is 0. The van der Waals surface area contributed by atoms with Gasteiger partial charge in [-0.05, 0) is 24.7 Å². The lowest BCUT2D eigenvalue weighted by atomic mass is 9.96. The van der Waals surface area contributed by atoms with Gasteiger partial charge in [0.1, 0.15) is 0 Å². The molecule has 0 aliphatic carbocycles. The van der Waals surface area contributed by atoms with E-state index < -0.39 is 0 Å². The summed E-state index contributed by atoms with van der Waals surface area (Å²) >= 11 is 0. The minimum Gasteiger partial charge on any atom is -0.103 e. The monoisotopic (exact) mass is 402 g/mol. The molecule has 0 rings (SSSR count). The molecule has 0 heterocycles. The molecule has 0 bridgehead atoms. The zero-order valence-corrected chi connectivity index (χ0v) is 20.4. The molecule has 2 atom stereocenters. The predicted molar refractivity (Wildman–Crippen MR) is 134 cm³/mol. The van der Waals surface area contributed by atoms with Crippen molar-refractivity contribution in [2.75, 3.05) is 0 Å². The lowest BCUT2D eigenvalue weighted by Crippen LogP contribution is -1.95. The molecule has 0 amide bonds. The average molecular weight is 403 g/mol. The van der Waals surface area contributed by atoms with Crippen molar-refractivity contribution in [1.82, 2.24) is 0 Å². The zero-order chi connectivity index (χ0) is 21.4. The third kappa shape index (κ3) is 23.7. The van der Waals surface area contributed by atoms with Gasteiger partial charge in [-0.1, -0.05) is 137 Å². The Morgan fingerprint density at radius 1 is 0.448 bits per heavy atom. The molecule has 0 fully saturated rings. The fourth-order valence-corrected chi connectivity index (χ4v) is 4.07. The highest BCUT2D eigenvalue weighted by atomic mass is 14.1. The van der Waals surface area contributed by atoms with Gasteiger partial charge in [0.25, 0.3) is 0 Å². The van der Waals surface area contributed by atoms with Crippen molar-refractivity contribution in [1.29, 1.82) is 0 Å². The Kier molecular flexibility index (Phi) is 23.5. The van der Waals surface area contributed by atoms with Gasteiger partial charge in [-0.3, -0.25) is 0 Å². The summed E-state index contributed by atoms with van der Waals surface area (Å²) in [7, 11) is 0. The molecule has 0 N–H and O–H groups in total. The summed E-state index contributed by atoms with van der Waals surface area (Å²) in [5.41, 5.74) is 0. The van der Waals surface area contributed by atoms with E-state index in [-0.39, 0.29) is 0 Å². The van der Waals surface area contributed by atoms with Gasteiger partial charge in [-0.25, -0.2) is 0 Å². The standard InChI is InChI=1S/C29H54/c1-5-7-9-16-20-24-28(3)26-22-18-14-12-11-13-15-19-23-27-29(4)25-21-17-10-8-6-2/h28-29H,1-2,5-14,16-18,20-27H2,3-4H3. The third-order valence-corrected chi connectivity index (χ3v) is 6.28. The molecular formula is C29H54. The Morgan fingerprint density at radius 3 is 1.34 bits per heavy atom. The summed E-state index contributed by atoms with van der Waals surface area (Å²) < 4.78 is 0. The highest BCUT2D eigenvalue weighted by Crippen LogP contribution is 2.18. The van der Waals surface area contributed by atoms with Crippen LogP contribution in [0, 0.1) is 37.5 Å². The van der Waals surface area contributed by atoms with E-state index in [0.29, 0.717) is 0 Å². The van der Waals surface area contributed by atoms with Gasteiger partial charge in [-0.15, -0.1) is 11.8 Å². The quantitative estimate of drug-likeness (QED) is 0.132. The smallest absolute Gasteiger partial charge is 0.00912 e. The first-order chi connectivity index (χ1) is 14.2. The van der Waals surface area contributed by atoms with Crippen LogP contribution in [0.3, 0.4) is 0 Å². The molecule has 0 aromatic carbocycles. The number of hydrogen-bond acceptors (Lipinski definition) is 0. The summed E-state index contributed by atoms with van der Waals surface area (Å²) in [6.07, 6.45) is 27.9. The molecule has 0 nitrogen and oxygen atoms in total. The first-order valence-electron chi connectivity index (χ1n) is 13.2. The van der Waals surface area contributed by atoms with E-state index in [2.05, 4.69) is 39.5 Å². The molecule has 0 saturated heterocycles. The van der Waals surface area contributed by atoms with Crippen LogP contribution < -0.4 is 0 Å². The maximum Gasteiger partial charge on any atom is 0.00912 e. The van der Waals surface area contributed by atoms with Gasteiger partial charge in [0.2, 0.25) is 0 Å². The number of rotatable bonds is 21. The van der Waals surface area contributed by atoms with Crippen molar-refractivity contribution in [3.63, 3.8) is 0 Å². The molecule has 0 aliphatic heterocycles. The van der Waals surface area contributed by atoms with E-state index in [0.717, 1.165) is 37.5 Å². The third-order valence-electron chi connectivity index (χ3n) is 6.28. The van der Waals surface area contributed by atoms with E-state index in [1.54, 1.807) is 0 Å². The van der Waals surface area contributed by atoms with Gasteiger partial charge in [0.15, 0.2) is 0 Å². The average Bonchev–Trinajstić information content (AvgIpc) is 2.71. The second-order valence-corrected chi connectivity index (χ2v) is 9.52. The molecule has 0 saturated carbocycles. The van der Waals surface area contributed by atoms with Crippen LogP contribution in [0.25, 0.3) is 0 Å². The largest absolute Gasteiger partial charge is 0.103 e. The first-order valence-corrected chi connectivity index (χ1v) is 13.2. The lowest BCUT2D eigenvalue weighted by Gasteiger charge is -2.10. The summed E-state index contributed by atoms with van der Waals surface area (Å²) in [5.74, 6) is 8.60. The topological polar surface area (TPSA) is 0 Å². The fraction of sp³-hybridized carbons (Fsp3) is 0.862.